The summed E-state index contributed by atoms with van der Waals surface area (Å²) >= 11 is 0. The smallest absolute Gasteiger partial charge is 0.286 e. The zero-order chi connectivity index (χ0) is 26.5. The van der Waals surface area contributed by atoms with Crippen molar-refractivity contribution in [1.82, 2.24) is 5.32 Å². The molecule has 3 aromatic carbocycles. The summed E-state index contributed by atoms with van der Waals surface area (Å²) in [5, 5.41) is 12.5. The van der Waals surface area contributed by atoms with Gasteiger partial charge in [-0.1, -0.05) is 48.5 Å². The molecule has 2 N–H and O–H groups in total. The Labute approximate surface area is 218 Å². The standard InChI is InChI=1S/C30H26FNO6/c31-23-11-9-19(10-12-23)15-32-30(35)27-13-22(25-18-36-26-4-2-1-3-24(26)29(25)34)14-28(38-27)37-17-21-7-5-20(16-33)6-8-21/h1-13,18,22,28,33H,14-17H2,(H,32,35)/t22-,28+/m1/s1. The van der Waals surface area contributed by atoms with Gasteiger partial charge in [-0.25, -0.2) is 4.39 Å². The van der Waals surface area contributed by atoms with Crippen molar-refractivity contribution in [3.8, 4) is 0 Å². The summed E-state index contributed by atoms with van der Waals surface area (Å²) in [4.78, 5) is 26.3. The normalized spacial score (nSPS) is 17.1. The van der Waals surface area contributed by atoms with E-state index in [1.165, 1.54) is 18.4 Å². The quantitative estimate of drug-likeness (QED) is 0.354. The van der Waals surface area contributed by atoms with Crippen molar-refractivity contribution < 1.29 is 28.2 Å². The number of aliphatic hydroxyl groups is 1. The topological polar surface area (TPSA) is 98.0 Å². The number of ether oxygens (including phenoxy) is 2. The number of hydrogen-bond acceptors (Lipinski definition) is 6. The van der Waals surface area contributed by atoms with Crippen LogP contribution < -0.4 is 10.7 Å². The average Bonchev–Trinajstić information content (AvgIpc) is 2.96. The highest BCUT2D eigenvalue weighted by molar-refractivity contribution is 5.91. The van der Waals surface area contributed by atoms with Gasteiger partial charge in [0.1, 0.15) is 11.4 Å². The minimum absolute atomic E-state index is 0.0246. The van der Waals surface area contributed by atoms with E-state index in [9.17, 15) is 19.1 Å². The molecule has 0 radical (unpaired) electrons. The molecule has 2 heterocycles. The van der Waals surface area contributed by atoms with Crippen LogP contribution in [0, 0.1) is 5.82 Å². The molecule has 38 heavy (non-hydrogen) atoms. The van der Waals surface area contributed by atoms with Crippen molar-refractivity contribution in [2.24, 2.45) is 0 Å². The number of carbonyl (C=O) groups is 1. The molecule has 4 aromatic rings. The predicted octanol–water partition coefficient (Wildman–Crippen LogP) is 4.67. The Kier molecular flexibility index (Phi) is 7.62. The molecule has 1 aliphatic rings. The average molecular weight is 516 g/mol. The third-order valence-electron chi connectivity index (χ3n) is 6.40. The lowest BCUT2D eigenvalue weighted by atomic mass is 9.93. The van der Waals surface area contributed by atoms with Crippen molar-refractivity contribution in [1.29, 1.82) is 0 Å². The Bertz CT molecular complexity index is 1510. The van der Waals surface area contributed by atoms with Crippen molar-refractivity contribution in [3.63, 3.8) is 0 Å². The maximum absolute atomic E-state index is 13.3. The lowest BCUT2D eigenvalue weighted by molar-refractivity contribution is -0.150. The molecule has 0 fully saturated rings. The number of nitrogens with one attached hydrogen (secondary N) is 1. The molecule has 5 rings (SSSR count). The molecule has 7 nitrogen and oxygen atoms in total. The summed E-state index contributed by atoms with van der Waals surface area (Å²) in [6.07, 6.45) is 2.53. The first-order chi connectivity index (χ1) is 18.5. The van der Waals surface area contributed by atoms with Gasteiger partial charge in [0.05, 0.1) is 24.9 Å². The van der Waals surface area contributed by atoms with Crippen LogP contribution in [0.25, 0.3) is 11.0 Å². The molecule has 0 spiro atoms. The second-order valence-corrected chi connectivity index (χ2v) is 9.03. The van der Waals surface area contributed by atoms with E-state index in [-0.39, 0.29) is 36.8 Å². The summed E-state index contributed by atoms with van der Waals surface area (Å²) in [7, 11) is 0. The van der Waals surface area contributed by atoms with E-state index in [1.54, 1.807) is 54.6 Å². The van der Waals surface area contributed by atoms with Gasteiger partial charge in [-0.05, 0) is 47.0 Å². The zero-order valence-corrected chi connectivity index (χ0v) is 20.4. The number of hydrogen-bond donors (Lipinski definition) is 2. The van der Waals surface area contributed by atoms with Crippen LogP contribution >= 0.6 is 0 Å². The van der Waals surface area contributed by atoms with E-state index in [0.717, 1.165) is 16.7 Å². The van der Waals surface area contributed by atoms with E-state index >= 15 is 0 Å². The summed E-state index contributed by atoms with van der Waals surface area (Å²) < 4.78 is 30.8. The molecule has 0 saturated heterocycles. The van der Waals surface area contributed by atoms with Crippen LogP contribution in [0.1, 0.15) is 34.6 Å². The van der Waals surface area contributed by atoms with Gasteiger partial charge in [0.25, 0.3) is 5.91 Å². The van der Waals surface area contributed by atoms with Gasteiger partial charge >= 0.3 is 0 Å². The van der Waals surface area contributed by atoms with Crippen LogP contribution in [0.5, 0.6) is 0 Å². The fourth-order valence-corrected chi connectivity index (χ4v) is 4.29. The van der Waals surface area contributed by atoms with Crippen LogP contribution in [0.3, 0.4) is 0 Å². The van der Waals surface area contributed by atoms with E-state index in [2.05, 4.69) is 5.32 Å². The fourth-order valence-electron chi connectivity index (χ4n) is 4.29. The maximum Gasteiger partial charge on any atom is 0.286 e. The Balaban J connectivity index is 1.38. The molecule has 2 atom stereocenters. The Hall–Kier alpha value is -4.27. The SMILES string of the molecule is O=C(NCc1ccc(F)cc1)C1=C[C@@H](c2coc3ccccc3c2=O)C[C@@H](OCc2ccc(CO)cc2)O1. The largest absolute Gasteiger partial charge is 0.464 e. The van der Waals surface area contributed by atoms with E-state index in [0.29, 0.717) is 23.0 Å². The van der Waals surface area contributed by atoms with Crippen molar-refractivity contribution >= 4 is 16.9 Å². The maximum atomic E-state index is 13.3. The molecular formula is C30H26FNO6. The number of amides is 1. The molecule has 0 aliphatic carbocycles. The molecule has 0 saturated carbocycles. The molecule has 0 unspecified atom stereocenters. The first kappa shape index (κ1) is 25.4. The van der Waals surface area contributed by atoms with Crippen molar-refractivity contribution in [2.45, 2.75) is 38.4 Å². The van der Waals surface area contributed by atoms with Gasteiger partial charge in [-0.2, -0.15) is 0 Å². The number of benzene rings is 3. The first-order valence-electron chi connectivity index (χ1n) is 12.2. The highest BCUT2D eigenvalue weighted by atomic mass is 19.1. The molecular weight excluding hydrogens is 489 g/mol. The third kappa shape index (κ3) is 5.82. The van der Waals surface area contributed by atoms with Crippen molar-refractivity contribution in [3.05, 3.63) is 129 Å². The minimum Gasteiger partial charge on any atom is -0.464 e. The number of halogens is 1. The Morgan fingerprint density at radius 2 is 1.71 bits per heavy atom. The first-order valence-corrected chi connectivity index (χ1v) is 12.2. The van der Waals surface area contributed by atoms with Crippen LogP contribution in [0.2, 0.25) is 0 Å². The Morgan fingerprint density at radius 1 is 1.00 bits per heavy atom. The van der Waals surface area contributed by atoms with Crippen LogP contribution in [-0.2, 0) is 34.0 Å². The lowest BCUT2D eigenvalue weighted by Crippen LogP contribution is -2.33. The van der Waals surface area contributed by atoms with Crippen molar-refractivity contribution in [2.75, 3.05) is 0 Å². The van der Waals surface area contributed by atoms with Gasteiger partial charge in [0.15, 0.2) is 11.2 Å². The lowest BCUT2D eigenvalue weighted by Gasteiger charge is -2.29. The number of allylic oxidation sites excluding steroid dienone is 1. The van der Waals surface area contributed by atoms with Gasteiger partial charge in [-0.3, -0.25) is 9.59 Å². The second kappa shape index (κ2) is 11.4. The van der Waals surface area contributed by atoms with Crippen LogP contribution in [0.4, 0.5) is 4.39 Å². The fraction of sp³-hybridized carbons (Fsp3) is 0.200. The predicted molar refractivity (Wildman–Crippen MR) is 138 cm³/mol. The summed E-state index contributed by atoms with van der Waals surface area (Å²) in [5.74, 6) is -1.30. The number of rotatable bonds is 8. The summed E-state index contributed by atoms with van der Waals surface area (Å²) in [6, 6.07) is 20.1. The highest BCUT2D eigenvalue weighted by Crippen LogP contribution is 2.31. The minimum atomic E-state index is -0.806. The monoisotopic (exact) mass is 515 g/mol. The molecule has 1 amide bonds. The molecule has 0 bridgehead atoms. The van der Waals surface area contributed by atoms with E-state index in [4.69, 9.17) is 13.9 Å². The molecule has 1 aromatic heterocycles. The number of para-hydroxylation sites is 1. The van der Waals surface area contributed by atoms with Crippen LogP contribution in [0.15, 0.2) is 100 Å². The third-order valence-corrected chi connectivity index (χ3v) is 6.40. The molecule has 194 valence electrons. The van der Waals surface area contributed by atoms with Gasteiger partial charge < -0.3 is 24.3 Å². The van der Waals surface area contributed by atoms with Crippen LogP contribution in [-0.4, -0.2) is 17.3 Å². The summed E-state index contributed by atoms with van der Waals surface area (Å²) in [5.41, 5.74) is 3.07. The zero-order valence-electron chi connectivity index (χ0n) is 20.4. The highest BCUT2D eigenvalue weighted by Gasteiger charge is 2.30. The van der Waals surface area contributed by atoms with E-state index in [1.807, 2.05) is 12.1 Å². The second-order valence-electron chi connectivity index (χ2n) is 9.03. The number of fused-ring (bicyclic) bond motifs is 1. The van der Waals surface area contributed by atoms with Gasteiger partial charge in [-0.15, -0.1) is 0 Å². The Morgan fingerprint density at radius 3 is 2.47 bits per heavy atom. The van der Waals surface area contributed by atoms with Gasteiger partial charge in [0.2, 0.25) is 6.29 Å². The van der Waals surface area contributed by atoms with Gasteiger partial charge in [0, 0.05) is 24.4 Å². The number of carbonyl (C=O) groups excluding carboxylic acids is 1. The number of aliphatic hydroxyl groups excluding tert-OH is 1. The summed E-state index contributed by atoms with van der Waals surface area (Å²) in [6.45, 7) is 0.329. The molecule has 8 heteroatoms. The van der Waals surface area contributed by atoms with E-state index < -0.39 is 18.1 Å². The molecule has 1 aliphatic heterocycles.